The third kappa shape index (κ3) is 6.91. The molecule has 1 aromatic carbocycles. The number of rotatable bonds is 11. The number of esters is 2. The van der Waals surface area contributed by atoms with E-state index in [0.717, 1.165) is 18.4 Å². The van der Waals surface area contributed by atoms with Crippen molar-refractivity contribution in [2.45, 2.75) is 51.7 Å². The molecular formula is C25H29FN2O7. The molecule has 0 radical (unpaired) electrons. The van der Waals surface area contributed by atoms with E-state index in [4.69, 9.17) is 18.9 Å². The van der Waals surface area contributed by atoms with Crippen molar-refractivity contribution < 1.29 is 37.7 Å². The summed E-state index contributed by atoms with van der Waals surface area (Å²) < 4.78 is 34.4. The molecule has 3 atom stereocenters. The van der Waals surface area contributed by atoms with Crippen LogP contribution in [0.5, 0.6) is 11.5 Å². The van der Waals surface area contributed by atoms with E-state index in [2.05, 4.69) is 10.3 Å². The summed E-state index contributed by atoms with van der Waals surface area (Å²) in [6, 6.07) is 6.69. The first-order valence-corrected chi connectivity index (χ1v) is 11.3. The molecule has 10 heteroatoms. The summed E-state index contributed by atoms with van der Waals surface area (Å²) in [5.41, 5.74) is 0.757. The minimum atomic E-state index is -0.993. The number of aromatic nitrogens is 1. The number of carbonyl (C=O) groups excluding carboxylic acids is 3. The highest BCUT2D eigenvalue weighted by Crippen LogP contribution is 2.45. The molecule has 1 aromatic heterocycles. The molecule has 1 aliphatic carbocycles. The van der Waals surface area contributed by atoms with Gasteiger partial charge in [0.15, 0.2) is 17.2 Å². The van der Waals surface area contributed by atoms with Gasteiger partial charge in [-0.25, -0.2) is 14.2 Å². The highest BCUT2D eigenvalue weighted by atomic mass is 19.1. The van der Waals surface area contributed by atoms with Crippen LogP contribution < -0.4 is 14.8 Å². The Morgan fingerprint density at radius 3 is 2.43 bits per heavy atom. The molecule has 188 valence electrons. The van der Waals surface area contributed by atoms with Gasteiger partial charge in [0.25, 0.3) is 5.91 Å². The lowest BCUT2D eigenvalue weighted by Crippen LogP contribution is -2.41. The molecule has 0 unspecified atom stereocenters. The molecule has 0 aliphatic heterocycles. The number of ether oxygens (including phenoxy) is 4. The van der Waals surface area contributed by atoms with Gasteiger partial charge in [-0.3, -0.25) is 9.59 Å². The van der Waals surface area contributed by atoms with Gasteiger partial charge in [0, 0.05) is 25.1 Å². The minimum absolute atomic E-state index is 0.0345. The van der Waals surface area contributed by atoms with Crippen molar-refractivity contribution in [2.75, 3.05) is 13.9 Å². The van der Waals surface area contributed by atoms with E-state index >= 15 is 0 Å². The Kier molecular flexibility index (Phi) is 8.62. The summed E-state index contributed by atoms with van der Waals surface area (Å²) in [6.45, 7) is 4.06. The highest BCUT2D eigenvalue weighted by molar-refractivity contribution is 5.98. The van der Waals surface area contributed by atoms with E-state index in [-0.39, 0.29) is 28.9 Å². The van der Waals surface area contributed by atoms with Crippen molar-refractivity contribution in [3.8, 4) is 11.5 Å². The van der Waals surface area contributed by atoms with Gasteiger partial charge in [0.05, 0.1) is 7.11 Å². The fourth-order valence-corrected chi connectivity index (χ4v) is 3.81. The number of amides is 1. The Hall–Kier alpha value is -3.69. The minimum Gasteiger partial charge on any atom is -0.493 e. The molecule has 1 fully saturated rings. The topological polar surface area (TPSA) is 113 Å². The summed E-state index contributed by atoms with van der Waals surface area (Å²) in [6.07, 6.45) is 2.89. The second-order valence-electron chi connectivity index (χ2n) is 8.34. The molecule has 9 nitrogen and oxygen atoms in total. The van der Waals surface area contributed by atoms with Crippen molar-refractivity contribution in [1.82, 2.24) is 10.3 Å². The smallest absolute Gasteiger partial charge is 0.328 e. The Morgan fingerprint density at radius 2 is 1.83 bits per heavy atom. The molecular weight excluding hydrogens is 459 g/mol. The average molecular weight is 489 g/mol. The van der Waals surface area contributed by atoms with Crippen molar-refractivity contribution in [1.29, 1.82) is 0 Å². The first-order valence-electron chi connectivity index (χ1n) is 11.3. The quantitative estimate of drug-likeness (QED) is 0.378. The standard InChI is InChI=1S/C25H29FN2O7/c1-14(25(31)35-15(2)21(17-5-6-17)18-7-9-19(26)10-8-18)28-24(30)22-23(34-13-33-16(3)29)20(32-4)11-12-27-22/h7-12,14-15,17,21H,5-6,13H2,1-4H3,(H,28,30)/t14-,15-,21-/m0/s1. The predicted molar refractivity (Wildman–Crippen MR) is 122 cm³/mol. The molecule has 2 aromatic rings. The van der Waals surface area contributed by atoms with Gasteiger partial charge < -0.3 is 24.3 Å². The van der Waals surface area contributed by atoms with Crippen LogP contribution in [0.3, 0.4) is 0 Å². The van der Waals surface area contributed by atoms with Crippen LogP contribution in [0.2, 0.25) is 0 Å². The van der Waals surface area contributed by atoms with Crippen LogP contribution in [0.15, 0.2) is 36.5 Å². The third-order valence-electron chi connectivity index (χ3n) is 5.66. The Labute approximate surface area is 202 Å². The van der Waals surface area contributed by atoms with Crippen molar-refractivity contribution >= 4 is 17.8 Å². The van der Waals surface area contributed by atoms with Crippen molar-refractivity contribution in [3.05, 3.63) is 53.6 Å². The van der Waals surface area contributed by atoms with Gasteiger partial charge in [0.2, 0.25) is 6.79 Å². The number of hydrogen-bond acceptors (Lipinski definition) is 8. The third-order valence-corrected chi connectivity index (χ3v) is 5.66. The number of hydrogen-bond donors (Lipinski definition) is 1. The Morgan fingerprint density at radius 1 is 1.14 bits per heavy atom. The number of nitrogens with one attached hydrogen (secondary N) is 1. The normalized spacial score (nSPS) is 15.3. The highest BCUT2D eigenvalue weighted by Gasteiger charge is 2.38. The lowest BCUT2D eigenvalue weighted by atomic mass is 9.89. The van der Waals surface area contributed by atoms with Crippen LogP contribution in [0.1, 0.15) is 55.6 Å². The van der Waals surface area contributed by atoms with E-state index in [9.17, 15) is 18.8 Å². The fourth-order valence-electron chi connectivity index (χ4n) is 3.81. The largest absolute Gasteiger partial charge is 0.493 e. The van der Waals surface area contributed by atoms with Crippen LogP contribution in [0.4, 0.5) is 4.39 Å². The molecule has 1 heterocycles. The van der Waals surface area contributed by atoms with Crippen molar-refractivity contribution in [2.24, 2.45) is 5.92 Å². The van der Waals surface area contributed by atoms with E-state index in [1.807, 2.05) is 0 Å². The van der Waals surface area contributed by atoms with E-state index in [1.165, 1.54) is 45.4 Å². The summed E-state index contributed by atoms with van der Waals surface area (Å²) in [5, 5.41) is 2.55. The molecule has 0 bridgehead atoms. The number of benzene rings is 1. The molecule has 1 N–H and O–H groups in total. The maximum Gasteiger partial charge on any atom is 0.328 e. The van der Waals surface area contributed by atoms with Crippen LogP contribution in [-0.2, 0) is 19.1 Å². The van der Waals surface area contributed by atoms with Crippen LogP contribution >= 0.6 is 0 Å². The van der Waals surface area contributed by atoms with E-state index in [1.54, 1.807) is 19.1 Å². The number of methoxy groups -OCH3 is 1. The maximum atomic E-state index is 13.4. The van der Waals surface area contributed by atoms with Crippen LogP contribution in [0, 0.1) is 11.7 Å². The summed E-state index contributed by atoms with van der Waals surface area (Å²) in [4.78, 5) is 40.7. The Bertz CT molecular complexity index is 1060. The zero-order valence-corrected chi connectivity index (χ0v) is 20.1. The summed E-state index contributed by atoms with van der Waals surface area (Å²) >= 11 is 0. The zero-order chi connectivity index (χ0) is 25.5. The molecule has 1 saturated carbocycles. The second kappa shape index (κ2) is 11.6. The van der Waals surface area contributed by atoms with Gasteiger partial charge in [-0.15, -0.1) is 0 Å². The van der Waals surface area contributed by atoms with Gasteiger partial charge in [-0.05, 0) is 50.3 Å². The first kappa shape index (κ1) is 25.9. The van der Waals surface area contributed by atoms with E-state index in [0.29, 0.717) is 5.92 Å². The van der Waals surface area contributed by atoms with Crippen molar-refractivity contribution in [3.63, 3.8) is 0 Å². The monoisotopic (exact) mass is 488 g/mol. The van der Waals surface area contributed by atoms with Gasteiger partial charge in [-0.1, -0.05) is 12.1 Å². The summed E-state index contributed by atoms with van der Waals surface area (Å²) in [7, 11) is 1.38. The molecule has 1 aliphatic rings. The molecule has 0 spiro atoms. The number of nitrogens with zero attached hydrogens (tertiary/aromatic N) is 1. The number of halogens is 1. The molecule has 3 rings (SSSR count). The van der Waals surface area contributed by atoms with Crippen LogP contribution in [0.25, 0.3) is 0 Å². The van der Waals surface area contributed by atoms with Gasteiger partial charge >= 0.3 is 11.9 Å². The number of pyridine rings is 1. The first-order chi connectivity index (χ1) is 16.7. The number of carbonyl (C=O) groups is 3. The average Bonchev–Trinajstić information content (AvgIpc) is 3.65. The van der Waals surface area contributed by atoms with Gasteiger partial charge in [-0.2, -0.15) is 0 Å². The summed E-state index contributed by atoms with van der Waals surface area (Å²) in [5.74, 6) is -1.75. The lowest BCUT2D eigenvalue weighted by Gasteiger charge is -2.26. The second-order valence-corrected chi connectivity index (χ2v) is 8.34. The zero-order valence-electron chi connectivity index (χ0n) is 20.1. The maximum absolute atomic E-state index is 13.4. The SMILES string of the molecule is COc1ccnc(C(=O)N[C@@H](C)C(=O)O[C@@H](C)[C@H](c2ccc(F)cc2)C2CC2)c1OCOC(C)=O. The fraction of sp³-hybridized carbons (Fsp3) is 0.440. The molecule has 35 heavy (non-hydrogen) atoms. The molecule has 0 saturated heterocycles. The predicted octanol–water partition coefficient (Wildman–Crippen LogP) is 3.37. The molecule has 1 amide bonds. The van der Waals surface area contributed by atoms with Gasteiger partial charge in [0.1, 0.15) is 18.0 Å². The lowest BCUT2D eigenvalue weighted by molar-refractivity contribution is -0.151. The Balaban J connectivity index is 1.66. The van der Waals surface area contributed by atoms with Crippen LogP contribution in [-0.4, -0.2) is 48.9 Å². The van der Waals surface area contributed by atoms with E-state index < -0.39 is 36.8 Å².